The highest BCUT2D eigenvalue weighted by Gasteiger charge is 2.34. The van der Waals surface area contributed by atoms with Crippen LogP contribution in [0.1, 0.15) is 0 Å². The molecule has 0 unspecified atom stereocenters. The molecule has 116 valence electrons. The molecule has 1 aliphatic heterocycles. The second-order valence-electron chi connectivity index (χ2n) is 5.09. The number of nitrogens with zero attached hydrogens (tertiary/aromatic N) is 1. The summed E-state index contributed by atoms with van der Waals surface area (Å²) in [4.78, 5) is 16.1. The van der Waals surface area contributed by atoms with Crippen LogP contribution in [0.25, 0.3) is 10.8 Å². The lowest BCUT2D eigenvalue weighted by molar-refractivity contribution is 0.249. The highest BCUT2D eigenvalue weighted by molar-refractivity contribution is 7.92. The Morgan fingerprint density at radius 3 is 2.73 bits per heavy atom. The minimum Gasteiger partial charge on any atom is -0.481 e. The zero-order valence-electron chi connectivity index (χ0n) is 11.9. The maximum atomic E-state index is 12.0. The first-order valence-corrected chi connectivity index (χ1v) is 8.50. The van der Waals surface area contributed by atoms with Gasteiger partial charge in [-0.3, -0.25) is 0 Å². The first-order valence-electron chi connectivity index (χ1n) is 6.68. The zero-order chi connectivity index (χ0) is 15.7. The monoisotopic (exact) mass is 321 g/mol. The van der Waals surface area contributed by atoms with Crippen molar-refractivity contribution in [1.82, 2.24) is 10.3 Å². The van der Waals surface area contributed by atoms with Crippen LogP contribution in [0.15, 0.2) is 30.5 Å². The van der Waals surface area contributed by atoms with Gasteiger partial charge >= 0.3 is 6.03 Å². The number of anilines is 1. The minimum absolute atomic E-state index is 0.00625. The van der Waals surface area contributed by atoms with Crippen molar-refractivity contribution in [3.8, 4) is 5.88 Å². The first-order chi connectivity index (χ1) is 10.5. The van der Waals surface area contributed by atoms with Gasteiger partial charge in [-0.15, -0.1) is 0 Å². The number of nitrogens with one attached hydrogen (secondary N) is 2. The Morgan fingerprint density at radius 2 is 2.05 bits per heavy atom. The van der Waals surface area contributed by atoms with E-state index in [2.05, 4.69) is 15.6 Å². The molecule has 2 amide bonds. The van der Waals surface area contributed by atoms with Crippen molar-refractivity contribution in [2.45, 2.75) is 6.04 Å². The normalized spacial score (nSPS) is 16.8. The van der Waals surface area contributed by atoms with Gasteiger partial charge in [-0.05, 0) is 18.2 Å². The third-order valence-corrected chi connectivity index (χ3v) is 5.28. The minimum atomic E-state index is -2.96. The van der Waals surface area contributed by atoms with E-state index in [-0.39, 0.29) is 17.5 Å². The number of pyridine rings is 1. The van der Waals surface area contributed by atoms with Gasteiger partial charge in [0.2, 0.25) is 5.88 Å². The van der Waals surface area contributed by atoms with Crippen molar-refractivity contribution in [3.63, 3.8) is 0 Å². The molecule has 1 aliphatic rings. The zero-order valence-corrected chi connectivity index (χ0v) is 12.7. The van der Waals surface area contributed by atoms with Gasteiger partial charge in [0.25, 0.3) is 0 Å². The Kier molecular flexibility index (Phi) is 3.61. The molecule has 8 heteroatoms. The second-order valence-corrected chi connectivity index (χ2v) is 7.25. The van der Waals surface area contributed by atoms with E-state index in [9.17, 15) is 13.2 Å². The summed E-state index contributed by atoms with van der Waals surface area (Å²) in [5, 5.41) is 6.96. The fourth-order valence-electron chi connectivity index (χ4n) is 2.44. The Hall–Kier alpha value is -2.35. The van der Waals surface area contributed by atoms with Crippen molar-refractivity contribution in [1.29, 1.82) is 0 Å². The topological polar surface area (TPSA) is 97.4 Å². The molecule has 0 atom stereocenters. The lowest BCUT2D eigenvalue weighted by Crippen LogP contribution is -2.53. The quantitative estimate of drug-likeness (QED) is 0.884. The lowest BCUT2D eigenvalue weighted by atomic mass is 10.1. The average Bonchev–Trinajstić information content (AvgIpc) is 2.45. The van der Waals surface area contributed by atoms with E-state index < -0.39 is 15.9 Å². The van der Waals surface area contributed by atoms with E-state index in [4.69, 9.17) is 4.74 Å². The molecule has 1 saturated heterocycles. The summed E-state index contributed by atoms with van der Waals surface area (Å²) in [7, 11) is -1.43. The van der Waals surface area contributed by atoms with Crippen LogP contribution >= 0.6 is 0 Å². The highest BCUT2D eigenvalue weighted by Crippen LogP contribution is 2.28. The molecule has 1 fully saturated rings. The van der Waals surface area contributed by atoms with Gasteiger partial charge in [-0.25, -0.2) is 18.2 Å². The maximum absolute atomic E-state index is 12.0. The van der Waals surface area contributed by atoms with E-state index in [0.717, 1.165) is 10.8 Å². The summed E-state index contributed by atoms with van der Waals surface area (Å²) in [6.45, 7) is 0. The van der Waals surface area contributed by atoms with Crippen molar-refractivity contribution in [2.75, 3.05) is 23.9 Å². The van der Waals surface area contributed by atoms with E-state index in [0.29, 0.717) is 11.6 Å². The number of sulfone groups is 1. The highest BCUT2D eigenvalue weighted by atomic mass is 32.2. The number of rotatable bonds is 3. The van der Waals surface area contributed by atoms with Crippen LogP contribution in [-0.4, -0.2) is 44.1 Å². The van der Waals surface area contributed by atoms with E-state index in [1.165, 1.54) is 7.11 Å². The number of methoxy groups -OCH3 is 1. The number of hydrogen-bond donors (Lipinski definition) is 2. The van der Waals surface area contributed by atoms with Crippen LogP contribution < -0.4 is 15.4 Å². The maximum Gasteiger partial charge on any atom is 0.319 e. The third-order valence-electron chi connectivity index (χ3n) is 3.46. The van der Waals surface area contributed by atoms with Crippen molar-refractivity contribution >= 4 is 32.3 Å². The molecule has 0 radical (unpaired) electrons. The predicted molar refractivity (Wildman–Crippen MR) is 82.9 cm³/mol. The van der Waals surface area contributed by atoms with Gasteiger partial charge in [-0.2, -0.15) is 0 Å². The average molecular weight is 321 g/mol. The molecule has 0 aliphatic carbocycles. The Labute approximate surface area is 127 Å². The number of carbonyl (C=O) groups is 1. The summed E-state index contributed by atoms with van der Waals surface area (Å²) < 4.78 is 27.4. The molecule has 0 spiro atoms. The number of carbonyl (C=O) groups excluding carboxylic acids is 1. The van der Waals surface area contributed by atoms with Crippen LogP contribution in [0.2, 0.25) is 0 Å². The van der Waals surface area contributed by atoms with Crippen LogP contribution in [0.4, 0.5) is 10.5 Å². The number of hydrogen-bond acceptors (Lipinski definition) is 5. The molecule has 2 N–H and O–H groups in total. The molecule has 1 aromatic heterocycles. The third kappa shape index (κ3) is 2.82. The number of benzene rings is 1. The fraction of sp³-hybridized carbons (Fsp3) is 0.286. The predicted octanol–water partition coefficient (Wildman–Crippen LogP) is 1.16. The van der Waals surface area contributed by atoms with Crippen LogP contribution in [0.3, 0.4) is 0 Å². The second kappa shape index (κ2) is 5.45. The molecule has 1 aromatic carbocycles. The molecule has 0 bridgehead atoms. The van der Waals surface area contributed by atoms with Crippen LogP contribution in [0.5, 0.6) is 5.88 Å². The number of urea groups is 1. The molecule has 22 heavy (non-hydrogen) atoms. The van der Waals surface area contributed by atoms with Crippen molar-refractivity contribution < 1.29 is 17.9 Å². The number of ether oxygens (including phenoxy) is 1. The molecule has 0 saturated carbocycles. The van der Waals surface area contributed by atoms with Gasteiger partial charge in [0.05, 0.1) is 30.3 Å². The largest absolute Gasteiger partial charge is 0.481 e. The smallest absolute Gasteiger partial charge is 0.319 e. The molecule has 3 rings (SSSR count). The SMILES string of the molecule is COc1nccc2c(NC(=O)NC3CS(=O)(=O)C3)cccc12. The Morgan fingerprint density at radius 1 is 1.27 bits per heavy atom. The first kappa shape index (κ1) is 14.6. The molecule has 7 nitrogen and oxygen atoms in total. The lowest BCUT2D eigenvalue weighted by Gasteiger charge is -2.26. The van der Waals surface area contributed by atoms with Gasteiger partial charge in [0.1, 0.15) is 0 Å². The van der Waals surface area contributed by atoms with E-state index in [1.54, 1.807) is 24.4 Å². The van der Waals surface area contributed by atoms with Crippen LogP contribution in [-0.2, 0) is 9.84 Å². The van der Waals surface area contributed by atoms with Gasteiger partial charge < -0.3 is 15.4 Å². The summed E-state index contributed by atoms with van der Waals surface area (Å²) in [5.74, 6) is 0.466. The Bertz CT molecular complexity index is 823. The number of amides is 2. The molecular formula is C14H15N3O4S. The summed E-state index contributed by atoms with van der Waals surface area (Å²) >= 11 is 0. The van der Waals surface area contributed by atoms with E-state index >= 15 is 0 Å². The Balaban J connectivity index is 1.78. The van der Waals surface area contributed by atoms with Crippen molar-refractivity contribution in [3.05, 3.63) is 30.5 Å². The van der Waals surface area contributed by atoms with Gasteiger partial charge in [0, 0.05) is 17.0 Å². The summed E-state index contributed by atoms with van der Waals surface area (Å²) in [5.41, 5.74) is 0.609. The molecular weight excluding hydrogens is 306 g/mol. The van der Waals surface area contributed by atoms with Crippen LogP contribution in [0, 0.1) is 0 Å². The standard InChI is InChI=1S/C14H15N3O4S/c1-21-13-11-3-2-4-12(10(11)5-6-15-13)17-14(18)16-9-7-22(19,20)8-9/h2-6,9H,7-8H2,1H3,(H2,16,17,18). The number of aromatic nitrogens is 1. The molecule has 2 heterocycles. The van der Waals surface area contributed by atoms with Gasteiger partial charge in [0.15, 0.2) is 9.84 Å². The summed E-state index contributed by atoms with van der Waals surface area (Å²) in [6.07, 6.45) is 1.60. The fourth-order valence-corrected chi connectivity index (χ4v) is 3.74. The van der Waals surface area contributed by atoms with Crippen molar-refractivity contribution in [2.24, 2.45) is 0 Å². The summed E-state index contributed by atoms with van der Waals surface area (Å²) in [6, 6.07) is 6.43. The molecule has 2 aromatic rings. The van der Waals surface area contributed by atoms with E-state index in [1.807, 2.05) is 6.07 Å². The van der Waals surface area contributed by atoms with Gasteiger partial charge in [-0.1, -0.05) is 6.07 Å². The number of fused-ring (bicyclic) bond motifs is 1.